The van der Waals surface area contributed by atoms with E-state index in [0.717, 1.165) is 12.3 Å². The largest absolute Gasteiger partial charge is 0.492 e. The lowest BCUT2D eigenvalue weighted by molar-refractivity contribution is -0.147. The molecule has 0 aromatic heterocycles. The van der Waals surface area contributed by atoms with Gasteiger partial charge >= 0.3 is 0 Å². The van der Waals surface area contributed by atoms with E-state index in [1.165, 1.54) is 0 Å². The van der Waals surface area contributed by atoms with E-state index in [4.69, 9.17) is 9.47 Å². The molecule has 5 heteroatoms. The van der Waals surface area contributed by atoms with Crippen LogP contribution in [0.4, 0.5) is 0 Å². The molecular formula is C15H22N2O3. The highest BCUT2D eigenvalue weighted by Gasteiger charge is 2.27. The summed E-state index contributed by atoms with van der Waals surface area (Å²) in [6.07, 6.45) is -0.351. The second-order valence-corrected chi connectivity index (χ2v) is 5.04. The van der Waals surface area contributed by atoms with Crippen molar-refractivity contribution in [3.05, 3.63) is 30.3 Å². The summed E-state index contributed by atoms with van der Waals surface area (Å²) in [6, 6.07) is 9.60. The first-order chi connectivity index (χ1) is 9.66. The summed E-state index contributed by atoms with van der Waals surface area (Å²) in [4.78, 5) is 16.0. The zero-order valence-electron chi connectivity index (χ0n) is 12.1. The van der Waals surface area contributed by atoms with Crippen LogP contribution in [0, 0.1) is 0 Å². The van der Waals surface area contributed by atoms with Crippen molar-refractivity contribution in [1.82, 2.24) is 9.80 Å². The molecule has 0 spiro atoms. The molecule has 1 aromatic rings. The van der Waals surface area contributed by atoms with Gasteiger partial charge in [-0.1, -0.05) is 18.2 Å². The molecular weight excluding hydrogens is 256 g/mol. The predicted octanol–water partition coefficient (Wildman–Crippen LogP) is 0.854. The molecule has 0 saturated carbocycles. The van der Waals surface area contributed by atoms with Crippen LogP contribution in [0.25, 0.3) is 0 Å². The van der Waals surface area contributed by atoms with Gasteiger partial charge < -0.3 is 19.3 Å². The molecule has 20 heavy (non-hydrogen) atoms. The van der Waals surface area contributed by atoms with E-state index >= 15 is 0 Å². The van der Waals surface area contributed by atoms with E-state index < -0.39 is 0 Å². The van der Waals surface area contributed by atoms with Gasteiger partial charge in [0.15, 0.2) is 0 Å². The minimum atomic E-state index is -0.351. The number of amides is 1. The molecule has 0 bridgehead atoms. The zero-order valence-corrected chi connectivity index (χ0v) is 12.1. The number of carbonyl (C=O) groups excluding carboxylic acids is 1. The third kappa shape index (κ3) is 4.21. The molecule has 1 fully saturated rings. The molecule has 0 N–H and O–H groups in total. The summed E-state index contributed by atoms with van der Waals surface area (Å²) in [6.45, 7) is 3.18. The third-order valence-electron chi connectivity index (χ3n) is 3.36. The van der Waals surface area contributed by atoms with Gasteiger partial charge in [0.1, 0.15) is 18.5 Å². The summed E-state index contributed by atoms with van der Waals surface area (Å²) in [7, 11) is 3.79. The van der Waals surface area contributed by atoms with Crippen LogP contribution in [0.1, 0.15) is 0 Å². The third-order valence-corrected chi connectivity index (χ3v) is 3.36. The minimum absolute atomic E-state index is 0.0215. The van der Waals surface area contributed by atoms with Crippen LogP contribution in [0.2, 0.25) is 0 Å². The average molecular weight is 278 g/mol. The first-order valence-corrected chi connectivity index (χ1v) is 6.90. The second kappa shape index (κ2) is 7.26. The van der Waals surface area contributed by atoms with Crippen molar-refractivity contribution in [1.29, 1.82) is 0 Å². The molecule has 0 radical (unpaired) electrons. The normalized spacial score (nSPS) is 19.6. The van der Waals surface area contributed by atoms with E-state index in [0.29, 0.717) is 26.3 Å². The molecule has 0 aliphatic carbocycles. The lowest BCUT2D eigenvalue weighted by Gasteiger charge is -2.31. The maximum atomic E-state index is 12.2. The number of benzene rings is 1. The number of ether oxygens (including phenoxy) is 2. The number of likely N-dealkylation sites (N-methyl/N-ethyl adjacent to an activating group) is 2. The first-order valence-electron chi connectivity index (χ1n) is 6.90. The van der Waals surface area contributed by atoms with E-state index in [1.807, 2.05) is 37.4 Å². The number of carbonyl (C=O) groups is 1. The highest BCUT2D eigenvalue weighted by molar-refractivity contribution is 5.81. The molecule has 1 aromatic carbocycles. The average Bonchev–Trinajstić information content (AvgIpc) is 2.47. The van der Waals surface area contributed by atoms with Crippen LogP contribution in [0.15, 0.2) is 30.3 Å². The van der Waals surface area contributed by atoms with Gasteiger partial charge in [-0.05, 0) is 19.2 Å². The number of hydrogen-bond donors (Lipinski definition) is 0. The fourth-order valence-electron chi connectivity index (χ4n) is 2.10. The van der Waals surface area contributed by atoms with E-state index in [9.17, 15) is 4.79 Å². The number of rotatable bonds is 5. The van der Waals surface area contributed by atoms with Crippen molar-refractivity contribution in [3.63, 3.8) is 0 Å². The van der Waals surface area contributed by atoms with Gasteiger partial charge in [-0.25, -0.2) is 0 Å². The fourth-order valence-corrected chi connectivity index (χ4v) is 2.10. The van der Waals surface area contributed by atoms with Gasteiger partial charge in [0, 0.05) is 20.1 Å². The van der Waals surface area contributed by atoms with Gasteiger partial charge in [-0.2, -0.15) is 0 Å². The Labute approximate surface area is 120 Å². The number of hydrogen-bond acceptors (Lipinski definition) is 4. The second-order valence-electron chi connectivity index (χ2n) is 5.04. The Morgan fingerprint density at radius 1 is 1.45 bits per heavy atom. The summed E-state index contributed by atoms with van der Waals surface area (Å²) in [5.41, 5.74) is 0. The Bertz CT molecular complexity index is 424. The lowest BCUT2D eigenvalue weighted by atomic mass is 10.2. The number of morpholine rings is 1. The predicted molar refractivity (Wildman–Crippen MR) is 76.8 cm³/mol. The minimum Gasteiger partial charge on any atom is -0.492 e. The molecule has 1 aliphatic rings. The van der Waals surface area contributed by atoms with Crippen molar-refractivity contribution >= 4 is 5.91 Å². The Morgan fingerprint density at radius 3 is 2.90 bits per heavy atom. The van der Waals surface area contributed by atoms with E-state index in [-0.39, 0.29) is 12.0 Å². The molecule has 5 nitrogen and oxygen atoms in total. The van der Waals surface area contributed by atoms with Crippen LogP contribution in [0.3, 0.4) is 0 Å². The van der Waals surface area contributed by atoms with Crippen molar-refractivity contribution in [2.24, 2.45) is 0 Å². The van der Waals surface area contributed by atoms with Crippen LogP contribution < -0.4 is 4.74 Å². The Hall–Kier alpha value is -1.59. The van der Waals surface area contributed by atoms with Crippen LogP contribution >= 0.6 is 0 Å². The van der Waals surface area contributed by atoms with E-state index in [2.05, 4.69) is 4.90 Å². The first kappa shape index (κ1) is 14.8. The van der Waals surface area contributed by atoms with Crippen LogP contribution in [0.5, 0.6) is 5.75 Å². The van der Waals surface area contributed by atoms with E-state index in [1.54, 1.807) is 11.9 Å². The Morgan fingerprint density at radius 2 is 2.20 bits per heavy atom. The van der Waals surface area contributed by atoms with Crippen molar-refractivity contribution < 1.29 is 14.3 Å². The standard InChI is InChI=1S/C15H22N2O3/c1-16-8-10-20-14(12-16)15(18)17(2)9-11-19-13-6-4-3-5-7-13/h3-7,14H,8-12H2,1-2H3. The lowest BCUT2D eigenvalue weighted by Crippen LogP contribution is -2.49. The highest BCUT2D eigenvalue weighted by Crippen LogP contribution is 2.09. The van der Waals surface area contributed by atoms with Gasteiger partial charge in [0.2, 0.25) is 0 Å². The maximum Gasteiger partial charge on any atom is 0.252 e. The number of para-hydroxylation sites is 1. The zero-order chi connectivity index (χ0) is 14.4. The molecule has 110 valence electrons. The number of nitrogens with zero attached hydrogens (tertiary/aromatic N) is 2. The molecule has 1 aliphatic heterocycles. The van der Waals surface area contributed by atoms with Gasteiger partial charge in [-0.15, -0.1) is 0 Å². The van der Waals surface area contributed by atoms with Crippen molar-refractivity contribution in [3.8, 4) is 5.75 Å². The monoisotopic (exact) mass is 278 g/mol. The topological polar surface area (TPSA) is 42.0 Å². The summed E-state index contributed by atoms with van der Waals surface area (Å²) >= 11 is 0. The molecule has 2 rings (SSSR count). The quantitative estimate of drug-likeness (QED) is 0.801. The molecule has 1 unspecified atom stereocenters. The Balaban J connectivity index is 1.73. The van der Waals surface area contributed by atoms with Crippen molar-refractivity contribution in [2.75, 3.05) is 46.9 Å². The molecule has 1 saturated heterocycles. The molecule has 1 amide bonds. The van der Waals surface area contributed by atoms with Crippen LogP contribution in [-0.4, -0.2) is 68.8 Å². The van der Waals surface area contributed by atoms with Gasteiger partial charge in [0.25, 0.3) is 5.91 Å². The van der Waals surface area contributed by atoms with Gasteiger partial charge in [0.05, 0.1) is 13.2 Å². The van der Waals surface area contributed by atoms with Gasteiger partial charge in [-0.3, -0.25) is 4.79 Å². The fraction of sp³-hybridized carbons (Fsp3) is 0.533. The SMILES string of the molecule is CN1CCOC(C(=O)N(C)CCOc2ccccc2)C1. The summed E-state index contributed by atoms with van der Waals surface area (Å²) in [5.74, 6) is 0.843. The van der Waals surface area contributed by atoms with Crippen molar-refractivity contribution in [2.45, 2.75) is 6.10 Å². The molecule has 1 heterocycles. The summed E-state index contributed by atoms with van der Waals surface area (Å²) < 4.78 is 11.1. The Kier molecular flexibility index (Phi) is 5.38. The maximum absolute atomic E-state index is 12.2. The summed E-state index contributed by atoms with van der Waals surface area (Å²) in [5, 5.41) is 0. The smallest absolute Gasteiger partial charge is 0.252 e. The highest BCUT2D eigenvalue weighted by atomic mass is 16.5. The van der Waals surface area contributed by atoms with Crippen LogP contribution in [-0.2, 0) is 9.53 Å². The molecule has 1 atom stereocenters.